The van der Waals surface area contributed by atoms with Gasteiger partial charge in [-0.3, -0.25) is 58.2 Å². The third-order valence-corrected chi connectivity index (χ3v) is 23.3. The van der Waals surface area contributed by atoms with Crippen molar-refractivity contribution in [1.82, 2.24) is 29.4 Å². The molecule has 0 aromatic carbocycles. The standard InChI is InChI=1S/C102H186N6O18/c1-7-13-19-25-31-37-43-49-55-61-97(115)121-85-91(109)79-103-67-69-104(80-92(110)86-122-98(116)62-56-50-44-38-32-26-20-14-8-2)71-73-106(82-94(112)88-124-100(118)64-58-52-46-40-34-28-22-16-10-4)75-77-108(84-96(114)90-126-102(120)66-60-54-48-42-36-30-24-18-12-6)78-76-107(83-95(113)89-125-101(119)65-59-53-47-41-35-29-23-17-11-5)74-72-105(70-68-103)81-93(111)87-123-99(117)63-57-51-45-39-33-27-21-15-9-3/h7-18,91-96,109-114H,19-90H2,1-6H3/b13-7-,14-8-,15-9-,16-10-,17-11-,18-12-. The molecular formula is C102H186N6O18. The van der Waals surface area contributed by atoms with Crippen LogP contribution >= 0.6 is 0 Å². The third kappa shape index (κ3) is 78.6. The molecule has 0 aromatic heterocycles. The van der Waals surface area contributed by atoms with Crippen LogP contribution in [-0.4, -0.2) is 290 Å². The Balaban J connectivity index is 4.06. The lowest BCUT2D eigenvalue weighted by atomic mass is 10.1. The minimum absolute atomic E-state index is 0.0654. The zero-order chi connectivity index (χ0) is 92.0. The Bertz CT molecular complexity index is 2270. The van der Waals surface area contributed by atoms with Gasteiger partial charge in [-0.05, 0) is 157 Å². The lowest BCUT2D eigenvalue weighted by molar-refractivity contribution is -0.148. The highest BCUT2D eigenvalue weighted by molar-refractivity contribution is 5.71. The number of β-amino-alcohol motifs (C(OH)–C–C–N with tert-alkyl or cyclic N) is 6. The molecule has 0 aliphatic carbocycles. The first-order valence-corrected chi connectivity index (χ1v) is 50.4. The van der Waals surface area contributed by atoms with Gasteiger partial charge in [-0.25, -0.2) is 0 Å². The number of aliphatic hydroxyl groups excluding tert-OH is 6. The molecular weight excluding hydrogens is 1600 g/mol. The number of rotatable bonds is 78. The van der Waals surface area contributed by atoms with Gasteiger partial charge in [0.15, 0.2) is 0 Å². The molecule has 1 saturated heterocycles. The van der Waals surface area contributed by atoms with Crippen molar-refractivity contribution in [2.75, 3.05) is 157 Å². The summed E-state index contributed by atoms with van der Waals surface area (Å²) in [6.45, 7) is 14.8. The summed E-state index contributed by atoms with van der Waals surface area (Å²) >= 11 is 0. The summed E-state index contributed by atoms with van der Waals surface area (Å²) in [4.78, 5) is 92.1. The number of aliphatic hydroxyl groups is 6. The molecule has 1 heterocycles. The molecule has 0 spiro atoms. The highest BCUT2D eigenvalue weighted by Gasteiger charge is 2.27. The number of carbonyl (C=O) groups excluding carboxylic acids is 6. The van der Waals surface area contributed by atoms with Gasteiger partial charge in [0.2, 0.25) is 0 Å². The second-order valence-corrected chi connectivity index (χ2v) is 35.2. The Morgan fingerprint density at radius 3 is 0.429 bits per heavy atom. The molecule has 6 N–H and O–H groups in total. The number of esters is 6. The number of allylic oxidation sites excluding steroid dienone is 12. The van der Waals surface area contributed by atoms with Crippen LogP contribution in [-0.2, 0) is 57.2 Å². The number of hydrogen-bond acceptors (Lipinski definition) is 24. The highest BCUT2D eigenvalue weighted by atomic mass is 16.6. The lowest BCUT2D eigenvalue weighted by Crippen LogP contribution is -2.51. The first kappa shape index (κ1) is 119. The van der Waals surface area contributed by atoms with Gasteiger partial charge in [-0.1, -0.05) is 227 Å². The van der Waals surface area contributed by atoms with E-state index in [9.17, 15) is 59.4 Å². The molecule has 1 aliphatic rings. The fourth-order valence-electron chi connectivity index (χ4n) is 15.6. The van der Waals surface area contributed by atoms with Crippen LogP contribution in [0.5, 0.6) is 0 Å². The average Bonchev–Trinajstić information content (AvgIpc) is 0.880. The Labute approximate surface area is 765 Å². The normalized spacial score (nSPS) is 16.3. The van der Waals surface area contributed by atoms with E-state index >= 15 is 0 Å². The monoisotopic (exact) mass is 1780 g/mol. The molecule has 0 bridgehead atoms. The molecule has 0 radical (unpaired) electrons. The van der Waals surface area contributed by atoms with E-state index in [1.54, 1.807) is 0 Å². The van der Waals surface area contributed by atoms with E-state index in [0.29, 0.717) is 117 Å². The fourth-order valence-corrected chi connectivity index (χ4v) is 15.6. The van der Waals surface area contributed by atoms with Crippen molar-refractivity contribution in [3.63, 3.8) is 0 Å². The van der Waals surface area contributed by atoms with Gasteiger partial charge in [-0.2, -0.15) is 0 Å². The van der Waals surface area contributed by atoms with Crippen LogP contribution in [0.3, 0.4) is 0 Å². The zero-order valence-electron chi connectivity index (χ0n) is 80.6. The fraction of sp³-hybridized carbons (Fsp3) is 0.824. The van der Waals surface area contributed by atoms with Crippen LogP contribution in [0.2, 0.25) is 0 Å². The van der Waals surface area contributed by atoms with E-state index in [2.05, 4.69) is 102 Å². The van der Waals surface area contributed by atoms with E-state index in [-0.39, 0.29) is 153 Å². The molecule has 0 aromatic rings. The lowest BCUT2D eigenvalue weighted by Gasteiger charge is -2.36. The van der Waals surface area contributed by atoms with Crippen molar-refractivity contribution in [2.45, 2.75) is 386 Å². The van der Waals surface area contributed by atoms with E-state index in [1.165, 1.54) is 0 Å². The van der Waals surface area contributed by atoms with Crippen LogP contribution in [0, 0.1) is 0 Å². The Morgan fingerprint density at radius 1 is 0.198 bits per heavy atom. The summed E-state index contributed by atoms with van der Waals surface area (Å²) in [7, 11) is 0. The first-order chi connectivity index (χ1) is 61.3. The number of nitrogens with zero attached hydrogens (tertiary/aromatic N) is 6. The van der Waals surface area contributed by atoms with Gasteiger partial charge < -0.3 is 59.1 Å². The molecule has 24 nitrogen and oxygen atoms in total. The van der Waals surface area contributed by atoms with Gasteiger partial charge in [-0.15, -0.1) is 0 Å². The zero-order valence-corrected chi connectivity index (χ0v) is 80.6. The molecule has 6 atom stereocenters. The van der Waals surface area contributed by atoms with Gasteiger partial charge in [0.1, 0.15) is 76.3 Å². The smallest absolute Gasteiger partial charge is 0.305 e. The molecule has 24 heteroatoms. The van der Waals surface area contributed by atoms with Gasteiger partial charge in [0.25, 0.3) is 0 Å². The Hall–Kier alpha value is -5.22. The minimum atomic E-state index is -1.12. The summed E-state index contributed by atoms with van der Waals surface area (Å²) in [5, 5.41) is 71.6. The maximum Gasteiger partial charge on any atom is 0.305 e. The molecule has 126 heavy (non-hydrogen) atoms. The summed E-state index contributed by atoms with van der Waals surface area (Å²) < 4.78 is 34.6. The highest BCUT2D eigenvalue weighted by Crippen LogP contribution is 2.18. The maximum absolute atomic E-state index is 13.3. The number of hydrogen-bond donors (Lipinski definition) is 6. The number of unbranched alkanes of at least 4 members (excludes halogenated alkanes) is 36. The first-order valence-electron chi connectivity index (χ1n) is 50.4. The van der Waals surface area contributed by atoms with Crippen molar-refractivity contribution in [2.24, 2.45) is 0 Å². The van der Waals surface area contributed by atoms with Crippen molar-refractivity contribution in [3.05, 3.63) is 72.9 Å². The minimum Gasteiger partial charge on any atom is -0.463 e. The second kappa shape index (κ2) is 87.7. The van der Waals surface area contributed by atoms with Gasteiger partial charge in [0, 0.05) is 156 Å². The average molecular weight is 1780 g/mol. The van der Waals surface area contributed by atoms with Crippen LogP contribution in [0.25, 0.3) is 0 Å². The SMILES string of the molecule is C/C=C\CCCCCCCCC(=O)OCC(O)CN1CCN(CC(O)COC(=O)CCCCCCCC/C=C\C)CCN(CC(O)COC(=O)CCCCCCCC/C=C\C)CCN(CC(O)COC(=O)CCCCCCCC/C=C\C)CCN(CC(O)COC(=O)CCCCCCCC/C=C\C)CCN(CC(O)COC(=O)CCCCCCCC/C=C\C)CC1. The van der Waals surface area contributed by atoms with E-state index in [0.717, 1.165) is 231 Å². The van der Waals surface area contributed by atoms with Crippen molar-refractivity contribution >= 4 is 35.8 Å². The van der Waals surface area contributed by atoms with Crippen molar-refractivity contribution < 1.29 is 87.8 Å². The largest absolute Gasteiger partial charge is 0.463 e. The Morgan fingerprint density at radius 2 is 0.310 bits per heavy atom. The molecule has 0 saturated carbocycles. The van der Waals surface area contributed by atoms with Crippen LogP contribution in [0.4, 0.5) is 0 Å². The van der Waals surface area contributed by atoms with Gasteiger partial charge in [0.05, 0.1) is 0 Å². The molecule has 0 amide bonds. The molecule has 1 fully saturated rings. The van der Waals surface area contributed by atoms with Crippen LogP contribution < -0.4 is 0 Å². The molecule has 6 unspecified atom stereocenters. The van der Waals surface area contributed by atoms with Gasteiger partial charge >= 0.3 is 35.8 Å². The third-order valence-electron chi connectivity index (χ3n) is 23.3. The number of carbonyl (C=O) groups is 6. The quantitative estimate of drug-likeness (QED) is 0.0143. The predicted octanol–water partition coefficient (Wildman–Crippen LogP) is 17.4. The van der Waals surface area contributed by atoms with Crippen molar-refractivity contribution in [3.8, 4) is 0 Å². The predicted molar refractivity (Wildman–Crippen MR) is 511 cm³/mol. The summed E-state index contributed by atoms with van der Waals surface area (Å²) in [5.74, 6) is -2.33. The summed E-state index contributed by atoms with van der Waals surface area (Å²) in [6, 6.07) is 0. The summed E-state index contributed by atoms with van der Waals surface area (Å²) in [6.07, 6.45) is 62.2. The van der Waals surface area contributed by atoms with E-state index in [1.807, 2.05) is 41.5 Å². The second-order valence-electron chi connectivity index (χ2n) is 35.2. The molecule has 1 rings (SSSR count). The van der Waals surface area contributed by atoms with Crippen LogP contribution in [0.1, 0.15) is 350 Å². The summed E-state index contributed by atoms with van der Waals surface area (Å²) in [5.41, 5.74) is 0. The molecule has 1 aliphatic heterocycles. The Kier molecular flexibility index (Phi) is 82.7. The molecule has 732 valence electrons. The van der Waals surface area contributed by atoms with Crippen LogP contribution in [0.15, 0.2) is 72.9 Å². The maximum atomic E-state index is 13.3. The van der Waals surface area contributed by atoms with E-state index < -0.39 is 36.6 Å². The van der Waals surface area contributed by atoms with E-state index in [4.69, 9.17) is 28.4 Å². The topological polar surface area (TPSA) is 299 Å². The van der Waals surface area contributed by atoms with Crippen molar-refractivity contribution in [1.29, 1.82) is 0 Å². The number of ether oxygens (including phenoxy) is 6.